The second-order valence-corrected chi connectivity index (χ2v) is 5.35. The van der Waals surface area contributed by atoms with E-state index in [0.29, 0.717) is 0 Å². The van der Waals surface area contributed by atoms with Gasteiger partial charge in [-0.1, -0.05) is 13.8 Å². The second-order valence-electron chi connectivity index (χ2n) is 3.78. The van der Waals surface area contributed by atoms with E-state index in [1.807, 2.05) is 13.8 Å². The number of nitrogens with two attached hydrogens (primary N) is 2. The highest BCUT2D eigenvalue weighted by atomic mass is 35.5. The summed E-state index contributed by atoms with van der Waals surface area (Å²) in [5.41, 5.74) is 10.9. The third-order valence-corrected chi connectivity index (χ3v) is 3.39. The van der Waals surface area contributed by atoms with E-state index < -0.39 is 15.4 Å². The number of alkyl halides is 2. The molecule has 0 fully saturated rings. The molecule has 0 heterocycles. The summed E-state index contributed by atoms with van der Waals surface area (Å²) < 4.78 is 0. The number of halogens is 2. The van der Waals surface area contributed by atoms with Crippen LogP contribution in [-0.2, 0) is 0 Å². The Morgan fingerprint density at radius 3 is 1.00 bits per heavy atom. The van der Waals surface area contributed by atoms with Crippen molar-refractivity contribution in [3.63, 3.8) is 0 Å². The molecule has 0 saturated carbocycles. The van der Waals surface area contributed by atoms with Gasteiger partial charge in [-0.15, -0.1) is 23.2 Å². The molecule has 0 aromatic heterocycles. The SMILES string of the molecule is CC(N)(Cl)C(C)(C)C(C)(N)Cl. The van der Waals surface area contributed by atoms with Crippen LogP contribution in [-0.4, -0.2) is 10.00 Å². The molecule has 0 saturated heterocycles. The zero-order valence-corrected chi connectivity index (χ0v) is 8.92. The molecule has 2 atom stereocenters. The van der Waals surface area contributed by atoms with E-state index in [1.54, 1.807) is 13.8 Å². The second kappa shape index (κ2) is 2.77. The van der Waals surface area contributed by atoms with Gasteiger partial charge in [-0.25, -0.2) is 0 Å². The molecule has 68 valence electrons. The summed E-state index contributed by atoms with van der Waals surface area (Å²) in [4.78, 5) is -1.81. The van der Waals surface area contributed by atoms with Crippen molar-refractivity contribution in [2.24, 2.45) is 16.9 Å². The van der Waals surface area contributed by atoms with Crippen LogP contribution in [0.25, 0.3) is 0 Å². The molecule has 2 nitrogen and oxygen atoms in total. The van der Waals surface area contributed by atoms with Crippen LogP contribution in [0, 0.1) is 5.41 Å². The Balaban J connectivity index is 4.75. The van der Waals surface area contributed by atoms with Gasteiger partial charge in [0.05, 0.1) is 10.00 Å². The minimum Gasteiger partial charge on any atom is -0.312 e. The summed E-state index contributed by atoms with van der Waals surface area (Å²) >= 11 is 11.8. The van der Waals surface area contributed by atoms with Crippen molar-refractivity contribution in [2.45, 2.75) is 37.7 Å². The van der Waals surface area contributed by atoms with Gasteiger partial charge in [0.2, 0.25) is 0 Å². The van der Waals surface area contributed by atoms with E-state index in [4.69, 9.17) is 34.7 Å². The Morgan fingerprint density at radius 1 is 0.818 bits per heavy atom. The van der Waals surface area contributed by atoms with Crippen molar-refractivity contribution in [1.29, 1.82) is 0 Å². The maximum Gasteiger partial charge on any atom is 0.0963 e. The molecule has 0 spiro atoms. The van der Waals surface area contributed by atoms with Crippen molar-refractivity contribution >= 4 is 23.2 Å². The van der Waals surface area contributed by atoms with Gasteiger partial charge in [0.15, 0.2) is 0 Å². The minimum atomic E-state index is -0.905. The summed E-state index contributed by atoms with van der Waals surface area (Å²) in [6, 6.07) is 0. The lowest BCUT2D eigenvalue weighted by molar-refractivity contribution is 0.191. The normalized spacial score (nSPS) is 24.0. The average Bonchev–Trinajstić information content (AvgIpc) is 1.58. The van der Waals surface area contributed by atoms with E-state index >= 15 is 0 Å². The number of hydrogen-bond donors (Lipinski definition) is 2. The molecule has 0 aromatic carbocycles. The molecule has 0 aliphatic rings. The molecule has 4 heteroatoms. The van der Waals surface area contributed by atoms with Gasteiger partial charge >= 0.3 is 0 Å². The topological polar surface area (TPSA) is 52.0 Å². The number of rotatable bonds is 2. The smallest absolute Gasteiger partial charge is 0.0963 e. The Morgan fingerprint density at radius 2 is 1.00 bits per heavy atom. The predicted molar refractivity (Wildman–Crippen MR) is 50.7 cm³/mol. The Bertz CT molecular complexity index is 126. The first-order chi connectivity index (χ1) is 4.50. The molecule has 2 unspecified atom stereocenters. The fourth-order valence-electron chi connectivity index (χ4n) is 0.478. The molecule has 0 bridgehead atoms. The summed E-state index contributed by atoms with van der Waals surface area (Å²) in [6.07, 6.45) is 0. The molecular formula is C7H16Cl2N2. The summed E-state index contributed by atoms with van der Waals surface area (Å²) in [5, 5.41) is 0. The maximum atomic E-state index is 5.92. The molecule has 0 amide bonds. The Kier molecular flexibility index (Phi) is 2.89. The molecule has 4 N–H and O–H groups in total. The molecule has 0 aliphatic heterocycles. The molecule has 0 radical (unpaired) electrons. The highest BCUT2D eigenvalue weighted by molar-refractivity contribution is 6.27. The standard InChI is InChI=1S/C7H16Cl2N2/c1-5(2,6(3,8)10)7(4,9)11/h10-11H2,1-4H3. The van der Waals surface area contributed by atoms with Gasteiger partial charge in [-0.2, -0.15) is 0 Å². The quantitative estimate of drug-likeness (QED) is 0.526. The Hall–Kier alpha value is 0.500. The minimum absolute atomic E-state index is 0.539. The van der Waals surface area contributed by atoms with Gasteiger partial charge in [-0.3, -0.25) is 0 Å². The van der Waals surface area contributed by atoms with Crippen LogP contribution < -0.4 is 11.5 Å². The number of hydrogen-bond acceptors (Lipinski definition) is 2. The van der Waals surface area contributed by atoms with Crippen molar-refractivity contribution < 1.29 is 0 Å². The average molecular weight is 199 g/mol. The fourth-order valence-corrected chi connectivity index (χ4v) is 0.919. The lowest BCUT2D eigenvalue weighted by Gasteiger charge is -2.44. The first-order valence-corrected chi connectivity index (χ1v) is 4.21. The third-order valence-electron chi connectivity index (χ3n) is 2.44. The molecule has 11 heavy (non-hydrogen) atoms. The molecule has 0 rings (SSSR count). The van der Waals surface area contributed by atoms with Gasteiger partial charge in [0.25, 0.3) is 0 Å². The first kappa shape index (κ1) is 11.5. The molecular weight excluding hydrogens is 183 g/mol. The van der Waals surface area contributed by atoms with Crippen LogP contribution in [0.15, 0.2) is 0 Å². The largest absolute Gasteiger partial charge is 0.312 e. The van der Waals surface area contributed by atoms with Crippen LogP contribution >= 0.6 is 23.2 Å². The van der Waals surface area contributed by atoms with Crippen LogP contribution in [0.3, 0.4) is 0 Å². The van der Waals surface area contributed by atoms with Crippen molar-refractivity contribution in [3.05, 3.63) is 0 Å². The lowest BCUT2D eigenvalue weighted by atomic mass is 9.78. The summed E-state index contributed by atoms with van der Waals surface area (Å²) in [7, 11) is 0. The van der Waals surface area contributed by atoms with E-state index in [0.717, 1.165) is 0 Å². The lowest BCUT2D eigenvalue weighted by Crippen LogP contribution is -2.59. The highest BCUT2D eigenvalue weighted by Gasteiger charge is 2.47. The van der Waals surface area contributed by atoms with Gasteiger partial charge in [0.1, 0.15) is 0 Å². The van der Waals surface area contributed by atoms with Gasteiger partial charge < -0.3 is 11.5 Å². The van der Waals surface area contributed by atoms with Crippen LogP contribution in [0.4, 0.5) is 0 Å². The summed E-state index contributed by atoms with van der Waals surface area (Å²) in [5.74, 6) is 0. The van der Waals surface area contributed by atoms with Crippen LogP contribution in [0.1, 0.15) is 27.7 Å². The first-order valence-electron chi connectivity index (χ1n) is 3.46. The predicted octanol–water partition coefficient (Wildman–Crippen LogP) is 1.84. The van der Waals surface area contributed by atoms with E-state index in [9.17, 15) is 0 Å². The third kappa shape index (κ3) is 2.22. The van der Waals surface area contributed by atoms with E-state index in [-0.39, 0.29) is 0 Å². The summed E-state index contributed by atoms with van der Waals surface area (Å²) in [6.45, 7) is 7.07. The molecule has 0 aromatic rings. The Labute approximate surface area is 78.2 Å². The maximum absolute atomic E-state index is 5.92. The van der Waals surface area contributed by atoms with Crippen LogP contribution in [0.5, 0.6) is 0 Å². The van der Waals surface area contributed by atoms with Gasteiger partial charge in [0, 0.05) is 5.41 Å². The highest BCUT2D eigenvalue weighted by Crippen LogP contribution is 2.42. The van der Waals surface area contributed by atoms with Crippen molar-refractivity contribution in [2.75, 3.05) is 0 Å². The fraction of sp³-hybridized carbons (Fsp3) is 1.00. The van der Waals surface area contributed by atoms with E-state index in [1.165, 1.54) is 0 Å². The zero-order valence-electron chi connectivity index (χ0n) is 7.41. The van der Waals surface area contributed by atoms with E-state index in [2.05, 4.69) is 0 Å². The monoisotopic (exact) mass is 198 g/mol. The van der Waals surface area contributed by atoms with Crippen molar-refractivity contribution in [3.8, 4) is 0 Å². The molecule has 0 aliphatic carbocycles. The van der Waals surface area contributed by atoms with Crippen LogP contribution in [0.2, 0.25) is 0 Å². The zero-order chi connectivity index (χ0) is 9.50. The van der Waals surface area contributed by atoms with Gasteiger partial charge in [-0.05, 0) is 13.8 Å². The van der Waals surface area contributed by atoms with Crippen molar-refractivity contribution in [1.82, 2.24) is 0 Å².